The fourth-order valence-electron chi connectivity index (χ4n) is 3.20. The fourth-order valence-corrected chi connectivity index (χ4v) is 3.98. The average Bonchev–Trinajstić information content (AvgIpc) is 3.41. The first-order chi connectivity index (χ1) is 14.2. The van der Waals surface area contributed by atoms with Crippen LogP contribution < -0.4 is 5.32 Å². The molecule has 1 aromatic heterocycles. The number of halogens is 1. The molecule has 150 valence electrons. The van der Waals surface area contributed by atoms with Crippen LogP contribution in [0, 0.1) is 5.82 Å². The van der Waals surface area contributed by atoms with Crippen molar-refractivity contribution in [2.75, 3.05) is 18.9 Å². The molecule has 2 heterocycles. The van der Waals surface area contributed by atoms with E-state index in [2.05, 4.69) is 15.5 Å². The molecule has 2 aromatic carbocycles. The SMILES string of the molecule is O=C(CSc1nnc(-c2cccc(F)c2)n1-c1ccccc1)NC[C@@H]1CCCO1. The van der Waals surface area contributed by atoms with Crippen LogP contribution in [0.5, 0.6) is 0 Å². The molecule has 1 N–H and O–H groups in total. The second kappa shape index (κ2) is 9.19. The summed E-state index contributed by atoms with van der Waals surface area (Å²) in [6.07, 6.45) is 2.13. The molecule has 4 rings (SSSR count). The Morgan fingerprint density at radius 2 is 2.07 bits per heavy atom. The van der Waals surface area contributed by atoms with Gasteiger partial charge in [-0.05, 0) is 37.1 Å². The van der Waals surface area contributed by atoms with Gasteiger partial charge in [0.05, 0.1) is 11.9 Å². The van der Waals surface area contributed by atoms with Crippen LogP contribution in [0.2, 0.25) is 0 Å². The highest BCUT2D eigenvalue weighted by Gasteiger charge is 2.19. The largest absolute Gasteiger partial charge is 0.376 e. The second-order valence-electron chi connectivity index (χ2n) is 6.72. The summed E-state index contributed by atoms with van der Waals surface area (Å²) in [5, 5.41) is 12.0. The van der Waals surface area contributed by atoms with E-state index < -0.39 is 0 Å². The molecular formula is C21H21FN4O2S. The molecule has 0 unspecified atom stereocenters. The number of nitrogens with one attached hydrogen (secondary N) is 1. The van der Waals surface area contributed by atoms with E-state index in [-0.39, 0.29) is 23.6 Å². The lowest BCUT2D eigenvalue weighted by Crippen LogP contribution is -2.32. The van der Waals surface area contributed by atoms with Gasteiger partial charge in [0.15, 0.2) is 11.0 Å². The topological polar surface area (TPSA) is 69.0 Å². The van der Waals surface area contributed by atoms with E-state index in [1.54, 1.807) is 12.1 Å². The Bertz CT molecular complexity index is 974. The molecule has 0 saturated carbocycles. The number of hydrogen-bond acceptors (Lipinski definition) is 5. The maximum Gasteiger partial charge on any atom is 0.230 e. The van der Waals surface area contributed by atoms with Gasteiger partial charge in [-0.2, -0.15) is 0 Å². The number of carbonyl (C=O) groups excluding carboxylic acids is 1. The Morgan fingerprint density at radius 3 is 2.83 bits per heavy atom. The van der Waals surface area contributed by atoms with Gasteiger partial charge in [-0.25, -0.2) is 4.39 Å². The number of aromatic nitrogens is 3. The minimum Gasteiger partial charge on any atom is -0.376 e. The van der Waals surface area contributed by atoms with E-state index in [4.69, 9.17) is 4.74 Å². The van der Waals surface area contributed by atoms with Crippen molar-refractivity contribution in [3.8, 4) is 17.1 Å². The summed E-state index contributed by atoms with van der Waals surface area (Å²) in [5.74, 6) is 0.312. The summed E-state index contributed by atoms with van der Waals surface area (Å²) in [6.45, 7) is 1.29. The van der Waals surface area contributed by atoms with Gasteiger partial charge < -0.3 is 10.1 Å². The van der Waals surface area contributed by atoms with Crippen LogP contribution >= 0.6 is 11.8 Å². The molecule has 0 bridgehead atoms. The maximum atomic E-state index is 13.7. The minimum atomic E-state index is -0.340. The van der Waals surface area contributed by atoms with Crippen LogP contribution in [0.4, 0.5) is 4.39 Å². The van der Waals surface area contributed by atoms with Gasteiger partial charge in [-0.1, -0.05) is 42.1 Å². The molecule has 0 spiro atoms. The third kappa shape index (κ3) is 4.83. The summed E-state index contributed by atoms with van der Waals surface area (Å²) in [7, 11) is 0. The van der Waals surface area contributed by atoms with Crippen LogP contribution in [-0.2, 0) is 9.53 Å². The van der Waals surface area contributed by atoms with E-state index in [0.29, 0.717) is 23.1 Å². The number of para-hydroxylation sites is 1. The van der Waals surface area contributed by atoms with Gasteiger partial charge in [0.1, 0.15) is 5.82 Å². The molecule has 1 fully saturated rings. The van der Waals surface area contributed by atoms with Crippen molar-refractivity contribution >= 4 is 17.7 Å². The lowest BCUT2D eigenvalue weighted by Gasteiger charge is -2.12. The lowest BCUT2D eigenvalue weighted by molar-refractivity contribution is -0.119. The first-order valence-corrected chi connectivity index (χ1v) is 10.5. The normalized spacial score (nSPS) is 16.1. The Balaban J connectivity index is 1.53. The van der Waals surface area contributed by atoms with Crippen molar-refractivity contribution in [1.82, 2.24) is 20.1 Å². The first kappa shape index (κ1) is 19.6. The van der Waals surface area contributed by atoms with Crippen molar-refractivity contribution in [3.63, 3.8) is 0 Å². The Kier molecular flexibility index (Phi) is 6.21. The highest BCUT2D eigenvalue weighted by molar-refractivity contribution is 7.99. The van der Waals surface area contributed by atoms with Crippen LogP contribution in [-0.4, -0.2) is 45.7 Å². The third-order valence-electron chi connectivity index (χ3n) is 4.61. The molecule has 1 amide bonds. The van der Waals surface area contributed by atoms with Crippen molar-refractivity contribution in [2.24, 2.45) is 0 Å². The molecule has 0 aliphatic carbocycles. The van der Waals surface area contributed by atoms with Crippen LogP contribution in [0.15, 0.2) is 59.8 Å². The summed E-state index contributed by atoms with van der Waals surface area (Å²) in [5.41, 5.74) is 1.47. The number of nitrogens with zero attached hydrogens (tertiary/aromatic N) is 3. The lowest BCUT2D eigenvalue weighted by atomic mass is 10.2. The Morgan fingerprint density at radius 1 is 1.21 bits per heavy atom. The summed E-state index contributed by atoms with van der Waals surface area (Å²) in [4.78, 5) is 12.2. The summed E-state index contributed by atoms with van der Waals surface area (Å²) >= 11 is 1.29. The van der Waals surface area contributed by atoms with Crippen LogP contribution in [0.1, 0.15) is 12.8 Å². The van der Waals surface area contributed by atoms with Gasteiger partial charge in [0.25, 0.3) is 0 Å². The third-order valence-corrected chi connectivity index (χ3v) is 5.54. The molecular weight excluding hydrogens is 391 g/mol. The Labute approximate surface area is 172 Å². The standard InChI is InChI=1S/C21H21FN4O2S/c22-16-7-4-6-15(12-16)20-24-25-21(26(20)17-8-2-1-3-9-17)29-14-19(27)23-13-18-10-5-11-28-18/h1-4,6-9,12,18H,5,10-11,13-14H2,(H,23,27)/t18-/m0/s1. The number of rotatable bonds is 7. The van der Waals surface area contributed by atoms with Gasteiger partial charge in [-0.15, -0.1) is 10.2 Å². The number of carbonyl (C=O) groups is 1. The maximum absolute atomic E-state index is 13.7. The van der Waals surface area contributed by atoms with E-state index in [0.717, 1.165) is 25.1 Å². The molecule has 1 atom stereocenters. The van der Waals surface area contributed by atoms with E-state index in [1.165, 1.54) is 23.9 Å². The zero-order valence-corrected chi connectivity index (χ0v) is 16.6. The van der Waals surface area contributed by atoms with Crippen LogP contribution in [0.3, 0.4) is 0 Å². The molecule has 29 heavy (non-hydrogen) atoms. The second-order valence-corrected chi connectivity index (χ2v) is 7.66. The van der Waals surface area contributed by atoms with Crippen molar-refractivity contribution in [1.29, 1.82) is 0 Å². The molecule has 3 aromatic rings. The smallest absolute Gasteiger partial charge is 0.230 e. The minimum absolute atomic E-state index is 0.0829. The quantitative estimate of drug-likeness (QED) is 0.602. The van der Waals surface area contributed by atoms with E-state index >= 15 is 0 Å². The predicted molar refractivity (Wildman–Crippen MR) is 109 cm³/mol. The predicted octanol–water partition coefficient (Wildman–Crippen LogP) is 3.46. The number of thioether (sulfide) groups is 1. The van der Waals surface area contributed by atoms with Gasteiger partial charge in [-0.3, -0.25) is 9.36 Å². The number of hydrogen-bond donors (Lipinski definition) is 1. The van der Waals surface area contributed by atoms with Gasteiger partial charge >= 0.3 is 0 Å². The van der Waals surface area contributed by atoms with Crippen molar-refractivity contribution in [2.45, 2.75) is 24.1 Å². The van der Waals surface area contributed by atoms with E-state index in [9.17, 15) is 9.18 Å². The van der Waals surface area contributed by atoms with Crippen LogP contribution in [0.25, 0.3) is 17.1 Å². The zero-order chi connectivity index (χ0) is 20.1. The molecule has 8 heteroatoms. The van der Waals surface area contributed by atoms with E-state index in [1.807, 2.05) is 34.9 Å². The highest BCUT2D eigenvalue weighted by atomic mass is 32.2. The van der Waals surface area contributed by atoms with Crippen molar-refractivity contribution in [3.05, 3.63) is 60.4 Å². The molecule has 1 saturated heterocycles. The molecule has 0 radical (unpaired) electrons. The number of ether oxygens (including phenoxy) is 1. The van der Waals surface area contributed by atoms with Gasteiger partial charge in [0.2, 0.25) is 5.91 Å². The first-order valence-electron chi connectivity index (χ1n) is 9.48. The monoisotopic (exact) mass is 412 g/mol. The fraction of sp³-hybridized carbons (Fsp3) is 0.286. The number of benzene rings is 2. The highest BCUT2D eigenvalue weighted by Crippen LogP contribution is 2.28. The summed E-state index contributed by atoms with van der Waals surface area (Å²) < 4.78 is 21.1. The Hall–Kier alpha value is -2.71. The van der Waals surface area contributed by atoms with Crippen molar-refractivity contribution < 1.29 is 13.9 Å². The zero-order valence-electron chi connectivity index (χ0n) is 15.8. The molecule has 1 aliphatic heterocycles. The summed E-state index contributed by atoms with van der Waals surface area (Å²) in [6, 6.07) is 15.8. The molecule has 6 nitrogen and oxygen atoms in total. The van der Waals surface area contributed by atoms with Gasteiger partial charge in [0, 0.05) is 24.4 Å². The molecule has 1 aliphatic rings. The average molecular weight is 412 g/mol. The number of amides is 1.